The van der Waals surface area contributed by atoms with Crippen molar-refractivity contribution in [3.8, 4) is 17.2 Å². The first-order valence-corrected chi connectivity index (χ1v) is 10.4. The predicted molar refractivity (Wildman–Crippen MR) is 116 cm³/mol. The van der Waals surface area contributed by atoms with Crippen LogP contribution in [0.15, 0.2) is 36.4 Å². The number of rotatable bonds is 8. The van der Waals surface area contributed by atoms with E-state index in [0.29, 0.717) is 30.5 Å². The van der Waals surface area contributed by atoms with Crippen LogP contribution in [0.25, 0.3) is 0 Å². The molecule has 3 rings (SSSR count). The zero-order valence-electron chi connectivity index (χ0n) is 18.4. The Balaban J connectivity index is 1.50. The summed E-state index contributed by atoms with van der Waals surface area (Å²) in [5, 5.41) is 2.93. The van der Waals surface area contributed by atoms with Crippen LogP contribution >= 0.6 is 0 Å². The minimum absolute atomic E-state index is 0.121. The van der Waals surface area contributed by atoms with Gasteiger partial charge in [0.2, 0.25) is 0 Å². The smallest absolute Gasteiger partial charge is 0.344 e. The van der Waals surface area contributed by atoms with Crippen molar-refractivity contribution in [2.75, 3.05) is 26.4 Å². The molecule has 0 bridgehead atoms. The van der Waals surface area contributed by atoms with E-state index in [-0.39, 0.29) is 31.1 Å². The first kappa shape index (κ1) is 22.5. The zero-order valence-corrected chi connectivity index (χ0v) is 18.4. The first-order chi connectivity index (χ1) is 14.8. The second kappa shape index (κ2) is 10.2. The van der Waals surface area contributed by atoms with E-state index < -0.39 is 5.97 Å². The molecule has 1 amide bonds. The SMILES string of the molecule is Cc1ccc(OCC(=O)OCC(=O)N[C@@H](c2ccc3c(c2)OCCO3)C(C)C)cc1C. The van der Waals surface area contributed by atoms with E-state index in [1.165, 1.54) is 0 Å². The van der Waals surface area contributed by atoms with Crippen molar-refractivity contribution in [3.63, 3.8) is 0 Å². The van der Waals surface area contributed by atoms with Crippen molar-refractivity contribution in [3.05, 3.63) is 53.1 Å². The van der Waals surface area contributed by atoms with Crippen molar-refractivity contribution in [1.82, 2.24) is 5.32 Å². The molecule has 0 radical (unpaired) electrons. The van der Waals surface area contributed by atoms with Gasteiger partial charge in [-0.2, -0.15) is 0 Å². The Morgan fingerprint density at radius 2 is 1.71 bits per heavy atom. The summed E-state index contributed by atoms with van der Waals surface area (Å²) < 4.78 is 21.7. The Kier molecular flexibility index (Phi) is 7.39. The predicted octanol–water partition coefficient (Wildman–Crippen LogP) is 3.51. The van der Waals surface area contributed by atoms with Crippen LogP contribution < -0.4 is 19.5 Å². The Morgan fingerprint density at radius 3 is 2.42 bits per heavy atom. The van der Waals surface area contributed by atoms with E-state index in [1.54, 1.807) is 6.07 Å². The molecule has 0 saturated carbocycles. The van der Waals surface area contributed by atoms with Gasteiger partial charge in [-0.15, -0.1) is 0 Å². The van der Waals surface area contributed by atoms with Crippen LogP contribution in [0.3, 0.4) is 0 Å². The summed E-state index contributed by atoms with van der Waals surface area (Å²) in [4.78, 5) is 24.4. The molecule has 0 aromatic heterocycles. The lowest BCUT2D eigenvalue weighted by molar-refractivity contribution is -0.150. The average molecular weight is 427 g/mol. The van der Waals surface area contributed by atoms with Gasteiger partial charge < -0.3 is 24.3 Å². The number of carbonyl (C=O) groups excluding carboxylic acids is 2. The molecule has 166 valence electrons. The summed E-state index contributed by atoms with van der Waals surface area (Å²) in [5.74, 6) is 1.08. The fourth-order valence-electron chi connectivity index (χ4n) is 3.24. The van der Waals surface area contributed by atoms with Gasteiger partial charge in [-0.25, -0.2) is 4.79 Å². The van der Waals surface area contributed by atoms with Gasteiger partial charge in [0.05, 0.1) is 6.04 Å². The molecule has 0 spiro atoms. The second-order valence-corrected chi connectivity index (χ2v) is 7.89. The van der Waals surface area contributed by atoms with Crippen LogP contribution in [-0.2, 0) is 14.3 Å². The Morgan fingerprint density at radius 1 is 0.968 bits per heavy atom. The number of nitrogens with one attached hydrogen (secondary N) is 1. The maximum Gasteiger partial charge on any atom is 0.344 e. The van der Waals surface area contributed by atoms with Crippen molar-refractivity contribution >= 4 is 11.9 Å². The van der Waals surface area contributed by atoms with Crippen LogP contribution in [0, 0.1) is 19.8 Å². The van der Waals surface area contributed by atoms with Crippen molar-refractivity contribution in [2.45, 2.75) is 33.7 Å². The zero-order chi connectivity index (χ0) is 22.4. The van der Waals surface area contributed by atoms with Gasteiger partial charge in [0.15, 0.2) is 24.7 Å². The summed E-state index contributed by atoms with van der Waals surface area (Å²) in [5.41, 5.74) is 3.12. The van der Waals surface area contributed by atoms with Crippen molar-refractivity contribution in [1.29, 1.82) is 0 Å². The van der Waals surface area contributed by atoms with Crippen LogP contribution in [0.2, 0.25) is 0 Å². The third-order valence-electron chi connectivity index (χ3n) is 5.11. The van der Waals surface area contributed by atoms with Crippen LogP contribution in [-0.4, -0.2) is 38.3 Å². The van der Waals surface area contributed by atoms with Crippen molar-refractivity contribution in [2.24, 2.45) is 5.92 Å². The summed E-state index contributed by atoms with van der Waals surface area (Å²) in [6.07, 6.45) is 0. The van der Waals surface area contributed by atoms with E-state index in [1.807, 2.05) is 58.0 Å². The van der Waals surface area contributed by atoms with Gasteiger partial charge in [-0.1, -0.05) is 26.0 Å². The van der Waals surface area contributed by atoms with Gasteiger partial charge >= 0.3 is 5.97 Å². The van der Waals surface area contributed by atoms with Gasteiger partial charge in [-0.3, -0.25) is 4.79 Å². The highest BCUT2D eigenvalue weighted by Gasteiger charge is 2.22. The lowest BCUT2D eigenvalue weighted by Gasteiger charge is -2.25. The molecular formula is C24H29NO6. The molecule has 7 heteroatoms. The lowest BCUT2D eigenvalue weighted by atomic mass is 9.95. The second-order valence-electron chi connectivity index (χ2n) is 7.89. The van der Waals surface area contributed by atoms with E-state index in [9.17, 15) is 9.59 Å². The molecule has 1 atom stereocenters. The highest BCUT2D eigenvalue weighted by Crippen LogP contribution is 2.34. The highest BCUT2D eigenvalue weighted by molar-refractivity contribution is 5.81. The van der Waals surface area contributed by atoms with Gasteiger partial charge in [0.25, 0.3) is 5.91 Å². The third-order valence-corrected chi connectivity index (χ3v) is 5.11. The number of ether oxygens (including phenoxy) is 4. The summed E-state index contributed by atoms with van der Waals surface area (Å²) in [6, 6.07) is 10.9. The first-order valence-electron chi connectivity index (χ1n) is 10.4. The van der Waals surface area contributed by atoms with Gasteiger partial charge in [0.1, 0.15) is 19.0 Å². The van der Waals surface area contributed by atoms with E-state index in [0.717, 1.165) is 16.7 Å². The molecule has 1 aliphatic heterocycles. The molecule has 0 unspecified atom stereocenters. The highest BCUT2D eigenvalue weighted by atomic mass is 16.6. The maximum atomic E-state index is 12.4. The fraction of sp³-hybridized carbons (Fsp3) is 0.417. The van der Waals surface area contributed by atoms with Crippen molar-refractivity contribution < 1.29 is 28.5 Å². The number of esters is 1. The number of carbonyl (C=O) groups is 2. The largest absolute Gasteiger partial charge is 0.486 e. The van der Waals surface area contributed by atoms with E-state index >= 15 is 0 Å². The summed E-state index contributed by atoms with van der Waals surface area (Å²) >= 11 is 0. The van der Waals surface area contributed by atoms with Gasteiger partial charge in [0, 0.05) is 0 Å². The third kappa shape index (κ3) is 6.13. The molecule has 1 heterocycles. The molecular weight excluding hydrogens is 398 g/mol. The molecule has 1 N–H and O–H groups in total. The summed E-state index contributed by atoms with van der Waals surface area (Å²) in [6.45, 7) is 8.37. The molecule has 7 nitrogen and oxygen atoms in total. The number of fused-ring (bicyclic) bond motifs is 1. The number of benzene rings is 2. The Hall–Kier alpha value is -3.22. The maximum absolute atomic E-state index is 12.4. The van der Waals surface area contributed by atoms with Crippen LogP contribution in [0.4, 0.5) is 0 Å². The molecule has 0 saturated heterocycles. The quantitative estimate of drug-likeness (QED) is 0.649. The van der Waals surface area contributed by atoms with Crippen LogP contribution in [0.1, 0.15) is 36.6 Å². The minimum atomic E-state index is -0.603. The number of aryl methyl sites for hydroxylation is 2. The standard InChI is InChI=1S/C24H29NO6/c1-15(2)24(18-6-8-20-21(12-18)29-10-9-28-20)25-22(26)13-31-23(27)14-30-19-7-5-16(3)17(4)11-19/h5-8,11-12,15,24H,9-10,13-14H2,1-4H3,(H,25,26)/t24-/m1/s1. The van der Waals surface area contributed by atoms with E-state index in [4.69, 9.17) is 18.9 Å². The van der Waals surface area contributed by atoms with Crippen LogP contribution in [0.5, 0.6) is 17.2 Å². The Bertz CT molecular complexity index is 940. The molecule has 2 aromatic carbocycles. The fourth-order valence-corrected chi connectivity index (χ4v) is 3.24. The number of hydrogen-bond acceptors (Lipinski definition) is 6. The van der Waals surface area contributed by atoms with E-state index in [2.05, 4.69) is 5.32 Å². The normalized spacial score (nSPS) is 13.5. The average Bonchev–Trinajstić information content (AvgIpc) is 2.76. The Labute approximate surface area is 182 Å². The molecule has 2 aromatic rings. The topological polar surface area (TPSA) is 83.1 Å². The summed E-state index contributed by atoms with van der Waals surface area (Å²) in [7, 11) is 0. The number of hydrogen-bond donors (Lipinski definition) is 1. The minimum Gasteiger partial charge on any atom is -0.486 e. The monoisotopic (exact) mass is 427 g/mol. The molecule has 31 heavy (non-hydrogen) atoms. The molecule has 0 aliphatic carbocycles. The molecule has 0 fully saturated rings. The number of amides is 1. The van der Waals surface area contributed by atoms with Gasteiger partial charge in [-0.05, 0) is 60.7 Å². The molecule has 1 aliphatic rings. The lowest BCUT2D eigenvalue weighted by Crippen LogP contribution is -2.35.